The second-order valence-corrected chi connectivity index (χ2v) is 9.85. The molecule has 3 aromatic rings. The van der Waals surface area contributed by atoms with Crippen LogP contribution in [0.3, 0.4) is 0 Å². The van der Waals surface area contributed by atoms with Crippen molar-refractivity contribution in [2.45, 2.75) is 4.90 Å². The van der Waals surface area contributed by atoms with E-state index in [9.17, 15) is 13.2 Å². The standard InChI is InChI=1S/C19H18ClN3O4S2/c20-14-3-6-16-18(11-14)28-19(22-16)21-12-17(24)13-1-4-15(5-2-13)29(25,26)23-7-9-27-10-8-23/h1-6,11H,7-10,12H2,(H,21,22). The zero-order chi connectivity index (χ0) is 20.4. The highest BCUT2D eigenvalue weighted by Gasteiger charge is 2.26. The van der Waals surface area contributed by atoms with Gasteiger partial charge >= 0.3 is 0 Å². The predicted molar refractivity (Wildman–Crippen MR) is 113 cm³/mol. The zero-order valence-electron chi connectivity index (χ0n) is 15.3. The molecule has 1 saturated heterocycles. The number of nitrogens with zero attached hydrogens (tertiary/aromatic N) is 2. The molecular formula is C19H18ClN3O4S2. The number of carbonyl (C=O) groups excluding carboxylic acids is 1. The van der Waals surface area contributed by atoms with Crippen molar-refractivity contribution in [3.63, 3.8) is 0 Å². The summed E-state index contributed by atoms with van der Waals surface area (Å²) in [6.45, 7) is 1.50. The number of hydrogen-bond donors (Lipinski definition) is 1. The van der Waals surface area contributed by atoms with Crippen LogP contribution in [0.4, 0.5) is 5.13 Å². The first kappa shape index (κ1) is 20.2. The molecule has 10 heteroatoms. The van der Waals surface area contributed by atoms with Crippen LogP contribution in [0, 0.1) is 0 Å². The third kappa shape index (κ3) is 4.44. The summed E-state index contributed by atoms with van der Waals surface area (Å²) >= 11 is 7.40. The maximum atomic E-state index is 12.6. The normalized spacial score (nSPS) is 15.5. The van der Waals surface area contributed by atoms with Gasteiger partial charge in [0.2, 0.25) is 10.0 Å². The van der Waals surface area contributed by atoms with E-state index in [1.165, 1.54) is 39.9 Å². The molecule has 0 amide bonds. The van der Waals surface area contributed by atoms with Crippen LogP contribution in [0.5, 0.6) is 0 Å². The molecule has 7 nitrogen and oxygen atoms in total. The van der Waals surface area contributed by atoms with Gasteiger partial charge < -0.3 is 10.1 Å². The summed E-state index contributed by atoms with van der Waals surface area (Å²) in [7, 11) is -3.57. The van der Waals surface area contributed by atoms with Crippen LogP contribution in [0.15, 0.2) is 47.4 Å². The minimum Gasteiger partial charge on any atom is -0.379 e. The van der Waals surface area contributed by atoms with Gasteiger partial charge in [0.25, 0.3) is 0 Å². The van der Waals surface area contributed by atoms with E-state index < -0.39 is 10.0 Å². The van der Waals surface area contributed by atoms with E-state index in [2.05, 4.69) is 10.3 Å². The molecule has 0 spiro atoms. The van der Waals surface area contributed by atoms with Crippen LogP contribution in [0.1, 0.15) is 10.4 Å². The number of benzene rings is 2. The van der Waals surface area contributed by atoms with E-state index in [-0.39, 0.29) is 17.2 Å². The fourth-order valence-electron chi connectivity index (χ4n) is 2.98. The number of morpholine rings is 1. The van der Waals surface area contributed by atoms with Crippen molar-refractivity contribution >= 4 is 54.1 Å². The molecule has 1 fully saturated rings. The minimum absolute atomic E-state index is 0.0586. The number of hydrogen-bond acceptors (Lipinski definition) is 7. The first-order chi connectivity index (χ1) is 13.9. The number of Topliss-reactive ketones (excluding diaryl/α,β-unsaturated/α-hetero) is 1. The number of aromatic nitrogens is 1. The van der Waals surface area contributed by atoms with E-state index in [4.69, 9.17) is 16.3 Å². The summed E-state index contributed by atoms with van der Waals surface area (Å²) in [6, 6.07) is 11.4. The molecule has 1 aliphatic rings. The van der Waals surface area contributed by atoms with Gasteiger partial charge in [-0.05, 0) is 42.5 Å². The van der Waals surface area contributed by atoms with Crippen molar-refractivity contribution in [3.8, 4) is 0 Å². The summed E-state index contributed by atoms with van der Waals surface area (Å²) in [5.74, 6) is -0.155. The van der Waals surface area contributed by atoms with E-state index in [0.717, 1.165) is 10.2 Å². The maximum absolute atomic E-state index is 12.6. The highest BCUT2D eigenvalue weighted by Crippen LogP contribution is 2.28. The molecule has 152 valence electrons. The van der Waals surface area contributed by atoms with Crippen LogP contribution < -0.4 is 5.32 Å². The molecule has 29 heavy (non-hydrogen) atoms. The maximum Gasteiger partial charge on any atom is 0.243 e. The molecule has 2 heterocycles. The second-order valence-electron chi connectivity index (χ2n) is 6.45. The Morgan fingerprint density at radius 3 is 2.62 bits per heavy atom. The van der Waals surface area contributed by atoms with Gasteiger partial charge in [0.1, 0.15) is 0 Å². The van der Waals surface area contributed by atoms with Crippen molar-refractivity contribution in [2.75, 3.05) is 38.2 Å². The third-order valence-corrected chi connectivity index (χ3v) is 7.66. The number of ketones is 1. The van der Waals surface area contributed by atoms with Crippen molar-refractivity contribution in [1.82, 2.24) is 9.29 Å². The SMILES string of the molecule is O=C(CNc1nc2ccc(Cl)cc2s1)c1ccc(S(=O)(=O)N2CCOCC2)cc1. The number of sulfonamides is 1. The first-order valence-electron chi connectivity index (χ1n) is 8.94. The Kier molecular flexibility index (Phi) is 5.84. The lowest BCUT2D eigenvalue weighted by Crippen LogP contribution is -2.40. The van der Waals surface area contributed by atoms with Crippen molar-refractivity contribution in [3.05, 3.63) is 53.1 Å². The van der Waals surface area contributed by atoms with E-state index in [0.29, 0.717) is 42.0 Å². The molecule has 1 N–H and O–H groups in total. The lowest BCUT2D eigenvalue weighted by atomic mass is 10.1. The number of halogens is 1. The van der Waals surface area contributed by atoms with Crippen LogP contribution in [-0.2, 0) is 14.8 Å². The van der Waals surface area contributed by atoms with Gasteiger partial charge in [-0.25, -0.2) is 13.4 Å². The average Bonchev–Trinajstić information content (AvgIpc) is 3.14. The van der Waals surface area contributed by atoms with E-state index >= 15 is 0 Å². The van der Waals surface area contributed by atoms with Crippen molar-refractivity contribution < 1.29 is 17.9 Å². The summed E-state index contributed by atoms with van der Waals surface area (Å²) < 4.78 is 32.8. The molecule has 0 unspecified atom stereocenters. The molecule has 1 aromatic heterocycles. The smallest absolute Gasteiger partial charge is 0.243 e. The molecule has 0 atom stereocenters. The quantitative estimate of drug-likeness (QED) is 0.578. The molecule has 0 radical (unpaired) electrons. The van der Waals surface area contributed by atoms with Crippen molar-refractivity contribution in [1.29, 1.82) is 0 Å². The third-order valence-electron chi connectivity index (χ3n) is 4.53. The molecule has 1 aliphatic heterocycles. The Morgan fingerprint density at radius 2 is 1.90 bits per heavy atom. The number of fused-ring (bicyclic) bond motifs is 1. The Labute approximate surface area is 177 Å². The van der Waals surface area contributed by atoms with Gasteiger partial charge in [-0.3, -0.25) is 4.79 Å². The van der Waals surface area contributed by atoms with Gasteiger partial charge in [0, 0.05) is 23.7 Å². The Hall–Kier alpha value is -2.04. The van der Waals surface area contributed by atoms with Gasteiger partial charge in [-0.1, -0.05) is 22.9 Å². The average molecular weight is 452 g/mol. The largest absolute Gasteiger partial charge is 0.379 e. The lowest BCUT2D eigenvalue weighted by Gasteiger charge is -2.26. The minimum atomic E-state index is -3.57. The fraction of sp³-hybridized carbons (Fsp3) is 0.263. The lowest BCUT2D eigenvalue weighted by molar-refractivity contribution is 0.0730. The van der Waals surface area contributed by atoms with Gasteiger partial charge in [-0.15, -0.1) is 0 Å². The topological polar surface area (TPSA) is 88.6 Å². The molecular weight excluding hydrogens is 434 g/mol. The Morgan fingerprint density at radius 1 is 1.17 bits per heavy atom. The number of thiazole rings is 1. The molecule has 2 aromatic carbocycles. The number of nitrogens with one attached hydrogen (secondary N) is 1. The van der Waals surface area contributed by atoms with Gasteiger partial charge in [0.05, 0.1) is 34.9 Å². The molecule has 0 bridgehead atoms. The number of anilines is 1. The highest BCUT2D eigenvalue weighted by molar-refractivity contribution is 7.89. The monoisotopic (exact) mass is 451 g/mol. The van der Waals surface area contributed by atoms with Crippen LogP contribution >= 0.6 is 22.9 Å². The van der Waals surface area contributed by atoms with Crippen molar-refractivity contribution in [2.24, 2.45) is 0 Å². The zero-order valence-corrected chi connectivity index (χ0v) is 17.7. The Bertz CT molecular complexity index is 1140. The van der Waals surface area contributed by atoms with Crippen LogP contribution in [0.2, 0.25) is 5.02 Å². The fourth-order valence-corrected chi connectivity index (χ4v) is 5.53. The predicted octanol–water partition coefficient (Wildman–Crippen LogP) is 3.27. The molecule has 0 aliphatic carbocycles. The van der Waals surface area contributed by atoms with E-state index in [1.54, 1.807) is 6.07 Å². The van der Waals surface area contributed by atoms with E-state index in [1.807, 2.05) is 12.1 Å². The Balaban J connectivity index is 1.42. The molecule has 4 rings (SSSR count). The summed E-state index contributed by atoms with van der Waals surface area (Å²) in [6.07, 6.45) is 0. The van der Waals surface area contributed by atoms with Crippen LogP contribution in [0.25, 0.3) is 10.2 Å². The van der Waals surface area contributed by atoms with Gasteiger partial charge in [-0.2, -0.15) is 4.31 Å². The summed E-state index contributed by atoms with van der Waals surface area (Å²) in [4.78, 5) is 17.1. The summed E-state index contributed by atoms with van der Waals surface area (Å²) in [5, 5.41) is 4.28. The van der Waals surface area contributed by atoms with Gasteiger partial charge in [0.15, 0.2) is 10.9 Å². The number of carbonyl (C=O) groups is 1. The molecule has 0 saturated carbocycles. The summed E-state index contributed by atoms with van der Waals surface area (Å²) in [5.41, 5.74) is 1.25. The number of ether oxygens (including phenoxy) is 1. The second kappa shape index (κ2) is 8.37. The first-order valence-corrected chi connectivity index (χ1v) is 11.6. The number of rotatable bonds is 6. The highest BCUT2D eigenvalue weighted by atomic mass is 35.5. The van der Waals surface area contributed by atoms with Crippen LogP contribution in [-0.4, -0.2) is 56.3 Å².